The summed E-state index contributed by atoms with van der Waals surface area (Å²) in [6.07, 6.45) is 1.40. The number of hydrogen-bond acceptors (Lipinski definition) is 6. The van der Waals surface area contributed by atoms with Gasteiger partial charge in [-0.05, 0) is 36.5 Å². The number of ether oxygens (including phenoxy) is 1. The molecule has 43 heavy (non-hydrogen) atoms. The number of nitrogens with one attached hydrogen (secondary N) is 2. The lowest BCUT2D eigenvalue weighted by molar-refractivity contribution is -0.146. The Balaban J connectivity index is 0.00000276. The van der Waals surface area contributed by atoms with Crippen LogP contribution in [0.15, 0.2) is 67.3 Å². The van der Waals surface area contributed by atoms with Crippen LogP contribution in [0, 0.1) is 18.3 Å². The second-order valence-corrected chi connectivity index (χ2v) is 12.7. The van der Waals surface area contributed by atoms with E-state index in [1.54, 1.807) is 0 Å². The van der Waals surface area contributed by atoms with Gasteiger partial charge in [0.25, 0.3) is 0 Å². The molecular formula is C33H41BN4O5. The number of carboxylic acids is 1. The first kappa shape index (κ1) is 30.3. The highest BCUT2D eigenvalue weighted by molar-refractivity contribution is 6.07. The number of hydrogen-bond donors (Lipinski definition) is 3. The van der Waals surface area contributed by atoms with E-state index in [0.29, 0.717) is 5.75 Å². The fraction of sp³-hybridized carbons (Fsp3) is 0.394. The maximum absolute atomic E-state index is 13.9. The molecule has 1 unspecified atom stereocenters. The molecule has 5 atom stereocenters. The van der Waals surface area contributed by atoms with Gasteiger partial charge in [0.2, 0.25) is 11.8 Å². The molecular weight excluding hydrogens is 543 g/mol. The third kappa shape index (κ3) is 5.88. The summed E-state index contributed by atoms with van der Waals surface area (Å²) in [7, 11) is 5.82. The number of amides is 2. The van der Waals surface area contributed by atoms with Gasteiger partial charge in [-0.2, -0.15) is 0 Å². The smallest absolute Gasteiger partial charge is 0.330 e. The van der Waals surface area contributed by atoms with Crippen LogP contribution in [-0.4, -0.2) is 71.0 Å². The first-order valence-corrected chi connectivity index (χ1v) is 14.5. The number of aryl methyl sites for hydroxylation is 1. The van der Waals surface area contributed by atoms with Crippen molar-refractivity contribution in [2.75, 3.05) is 6.54 Å². The molecule has 2 fully saturated rings. The van der Waals surface area contributed by atoms with Gasteiger partial charge in [0.1, 0.15) is 23.4 Å². The molecule has 10 heteroatoms. The summed E-state index contributed by atoms with van der Waals surface area (Å²) in [5.41, 5.74) is 1.51. The van der Waals surface area contributed by atoms with Gasteiger partial charge >= 0.3 is 5.97 Å². The minimum atomic E-state index is -1.42. The first-order chi connectivity index (χ1) is 20.4. The Morgan fingerprint density at radius 3 is 2.53 bits per heavy atom. The minimum Gasteiger partial charge on any atom is -0.488 e. The van der Waals surface area contributed by atoms with Crippen molar-refractivity contribution in [1.29, 1.82) is 0 Å². The summed E-state index contributed by atoms with van der Waals surface area (Å²) in [4.78, 5) is 46.0. The van der Waals surface area contributed by atoms with Gasteiger partial charge in [-0.3, -0.25) is 9.59 Å². The molecule has 226 valence electrons. The Morgan fingerprint density at radius 1 is 1.21 bits per heavy atom. The van der Waals surface area contributed by atoms with Gasteiger partial charge < -0.3 is 25.3 Å². The molecule has 9 nitrogen and oxygen atoms in total. The van der Waals surface area contributed by atoms with E-state index in [1.807, 2.05) is 82.3 Å². The van der Waals surface area contributed by atoms with Crippen molar-refractivity contribution in [3.63, 3.8) is 0 Å². The van der Waals surface area contributed by atoms with Gasteiger partial charge in [-0.25, -0.2) is 9.78 Å². The minimum absolute atomic E-state index is 0. The van der Waals surface area contributed by atoms with Crippen LogP contribution in [0.2, 0.25) is 0 Å². The SMILES string of the molecule is [B]N[C@H](C(=O)N1C[C@H](Oc2cc(-c3ccccc3)nc3cc(C)ccc23)C[C@H]1C(=O)N[C@]1(C(=O)O)CC1C=C)C(C)(C)C.[HH].[HH]. The molecule has 3 aromatic rings. The monoisotopic (exact) mass is 584 g/mol. The highest BCUT2D eigenvalue weighted by Crippen LogP contribution is 2.45. The molecule has 2 radical (unpaired) electrons. The molecule has 2 heterocycles. The molecule has 1 aliphatic carbocycles. The van der Waals surface area contributed by atoms with E-state index in [4.69, 9.17) is 17.7 Å². The fourth-order valence-electron chi connectivity index (χ4n) is 5.89. The number of nitrogens with zero attached hydrogens (tertiary/aromatic N) is 2. The van der Waals surface area contributed by atoms with E-state index in [0.717, 1.165) is 27.7 Å². The molecule has 1 saturated carbocycles. The summed E-state index contributed by atoms with van der Waals surface area (Å²) >= 11 is 0. The lowest BCUT2D eigenvalue weighted by atomic mass is 9.84. The lowest BCUT2D eigenvalue weighted by Gasteiger charge is -2.35. The maximum Gasteiger partial charge on any atom is 0.330 e. The van der Waals surface area contributed by atoms with Crippen LogP contribution >= 0.6 is 0 Å². The third-order valence-corrected chi connectivity index (χ3v) is 8.45. The number of likely N-dealkylation sites (tertiary alicyclic amines) is 1. The predicted octanol–water partition coefficient (Wildman–Crippen LogP) is 4.28. The number of pyridine rings is 1. The van der Waals surface area contributed by atoms with Crippen molar-refractivity contribution in [2.24, 2.45) is 11.3 Å². The van der Waals surface area contributed by atoms with E-state index in [9.17, 15) is 19.5 Å². The largest absolute Gasteiger partial charge is 0.488 e. The predicted molar refractivity (Wildman–Crippen MR) is 170 cm³/mol. The van der Waals surface area contributed by atoms with Crippen molar-refractivity contribution in [1.82, 2.24) is 20.4 Å². The zero-order valence-corrected chi connectivity index (χ0v) is 25.0. The van der Waals surface area contributed by atoms with Crippen LogP contribution in [0.1, 0.15) is 42.0 Å². The van der Waals surface area contributed by atoms with E-state index < -0.39 is 41.0 Å². The molecule has 1 saturated heterocycles. The Labute approximate surface area is 256 Å². The van der Waals surface area contributed by atoms with Gasteiger partial charge in [-0.15, -0.1) is 6.58 Å². The van der Waals surface area contributed by atoms with Crippen LogP contribution < -0.4 is 15.3 Å². The lowest BCUT2D eigenvalue weighted by Crippen LogP contribution is -2.58. The number of benzene rings is 2. The number of aromatic nitrogens is 1. The van der Waals surface area contributed by atoms with Crippen molar-refractivity contribution in [2.45, 2.75) is 64.3 Å². The Hall–Kier alpha value is -4.18. The number of carboxylic acid groups (broad SMARTS) is 1. The van der Waals surface area contributed by atoms with Crippen LogP contribution in [-0.2, 0) is 14.4 Å². The molecule has 3 N–H and O–H groups in total. The highest BCUT2D eigenvalue weighted by atomic mass is 16.5. The molecule has 2 aliphatic rings. The number of aliphatic carboxylic acids is 1. The molecule has 1 aromatic heterocycles. The average Bonchev–Trinajstić information content (AvgIpc) is 3.52. The fourth-order valence-corrected chi connectivity index (χ4v) is 5.89. The summed E-state index contributed by atoms with van der Waals surface area (Å²) in [5.74, 6) is -1.83. The van der Waals surface area contributed by atoms with Crippen molar-refractivity contribution < 1.29 is 27.1 Å². The first-order valence-electron chi connectivity index (χ1n) is 14.5. The van der Waals surface area contributed by atoms with Gasteiger partial charge in [0, 0.05) is 32.2 Å². The van der Waals surface area contributed by atoms with Crippen LogP contribution in [0.5, 0.6) is 5.75 Å². The normalized spacial score (nSPS) is 23.9. The van der Waals surface area contributed by atoms with E-state index in [2.05, 4.69) is 17.1 Å². The number of carbonyl (C=O) groups excluding carboxylic acids is 2. The maximum atomic E-state index is 13.9. The van der Waals surface area contributed by atoms with E-state index in [-0.39, 0.29) is 34.1 Å². The number of rotatable bonds is 9. The van der Waals surface area contributed by atoms with Crippen LogP contribution in [0.3, 0.4) is 0 Å². The topological polar surface area (TPSA) is 121 Å². The molecule has 2 amide bonds. The number of carbonyl (C=O) groups is 3. The third-order valence-electron chi connectivity index (χ3n) is 8.45. The Morgan fingerprint density at radius 2 is 1.93 bits per heavy atom. The molecule has 1 aliphatic heterocycles. The molecule has 2 aromatic carbocycles. The molecule has 0 bridgehead atoms. The summed E-state index contributed by atoms with van der Waals surface area (Å²) in [5, 5.41) is 16.0. The molecule has 0 spiro atoms. The van der Waals surface area contributed by atoms with Gasteiger partial charge in [0.05, 0.1) is 23.8 Å². The highest BCUT2D eigenvalue weighted by Gasteiger charge is 2.61. The second-order valence-electron chi connectivity index (χ2n) is 12.7. The zero-order valence-electron chi connectivity index (χ0n) is 25.0. The summed E-state index contributed by atoms with van der Waals surface area (Å²) in [6.45, 7) is 11.5. The average molecular weight is 585 g/mol. The van der Waals surface area contributed by atoms with E-state index >= 15 is 0 Å². The summed E-state index contributed by atoms with van der Waals surface area (Å²) < 4.78 is 6.59. The van der Waals surface area contributed by atoms with Crippen molar-refractivity contribution >= 4 is 36.7 Å². The molecule has 5 rings (SSSR count). The van der Waals surface area contributed by atoms with Gasteiger partial charge in [0.15, 0.2) is 7.98 Å². The number of fused-ring (bicyclic) bond motifs is 1. The zero-order chi connectivity index (χ0) is 31.1. The van der Waals surface area contributed by atoms with Gasteiger partial charge in [-0.1, -0.05) is 63.2 Å². The Kier molecular flexibility index (Phi) is 8.09. The summed E-state index contributed by atoms with van der Waals surface area (Å²) in [6, 6.07) is 15.8. The Bertz CT molecular complexity index is 1580. The quantitative estimate of drug-likeness (QED) is 0.254. The van der Waals surface area contributed by atoms with Crippen LogP contribution in [0.4, 0.5) is 0 Å². The standard InChI is InChI=1S/C33H37BN4O5.2H2/c1-6-21-17-33(21,31(41)42)36-29(39)26-15-22(18-38(26)30(40)28(37-34)32(3,4)5)43-27-16-24(20-10-8-7-9-11-20)35-25-14-19(2)12-13-23(25)27;;/h6-14,16,21-22,26,28,37H,1,15,17-18H2,2-5H3,(H,36,39)(H,41,42);2*1H/t21?,22-,26+,28-,33-;;/m1../s1. The van der Waals surface area contributed by atoms with Crippen molar-refractivity contribution in [3.8, 4) is 17.0 Å². The second kappa shape index (κ2) is 11.5. The van der Waals surface area contributed by atoms with Crippen LogP contribution in [0.25, 0.3) is 22.2 Å². The van der Waals surface area contributed by atoms with Crippen molar-refractivity contribution in [3.05, 3.63) is 72.8 Å². The van der Waals surface area contributed by atoms with E-state index in [1.165, 1.54) is 11.0 Å².